The van der Waals surface area contributed by atoms with Crippen molar-refractivity contribution in [2.45, 2.75) is 253 Å². The van der Waals surface area contributed by atoms with Crippen LogP contribution in [0.15, 0.2) is 86.5 Å². The van der Waals surface area contributed by atoms with Crippen molar-refractivity contribution in [1.82, 2.24) is 0 Å². The summed E-state index contributed by atoms with van der Waals surface area (Å²) in [6.07, 6.45) is 17.7. The molecule has 0 aliphatic heterocycles. The molecule has 0 aromatic heterocycles. The number of ether oxygens (including phenoxy) is 4. The van der Waals surface area contributed by atoms with Gasteiger partial charge in [0.2, 0.25) is 12.1 Å². The Morgan fingerprint density at radius 1 is 0.520 bits per heavy atom. The first-order valence-electron chi connectivity index (χ1n) is 30.4. The molecular formula is C62H105Cl3F9NO18S3ScSi. The first-order valence-corrected chi connectivity index (χ1v) is 38.0. The van der Waals surface area contributed by atoms with Gasteiger partial charge in [-0.2, -0.15) is 64.8 Å². The first kappa shape index (κ1) is 109. The molecule has 575 valence electrons. The molecule has 2 aromatic rings. The summed E-state index contributed by atoms with van der Waals surface area (Å²) in [4.78, 5) is 10.5. The summed E-state index contributed by atoms with van der Waals surface area (Å²) in [5.74, 6) is 1.69. The van der Waals surface area contributed by atoms with E-state index in [2.05, 4.69) is 89.0 Å². The van der Waals surface area contributed by atoms with E-state index in [0.29, 0.717) is 49.1 Å². The van der Waals surface area contributed by atoms with Gasteiger partial charge in [-0.05, 0) is 117 Å². The number of benzene rings is 2. The molecule has 0 spiro atoms. The van der Waals surface area contributed by atoms with Crippen molar-refractivity contribution in [3.63, 3.8) is 0 Å². The fourth-order valence-electron chi connectivity index (χ4n) is 8.23. The van der Waals surface area contributed by atoms with Gasteiger partial charge in [-0.25, -0.2) is 0 Å². The zero-order valence-corrected chi connectivity index (χ0v) is 65.5. The van der Waals surface area contributed by atoms with Crippen molar-refractivity contribution in [1.29, 1.82) is 5.41 Å². The van der Waals surface area contributed by atoms with Gasteiger partial charge in [-0.15, -0.1) is 19.7 Å². The molecule has 0 aliphatic carbocycles. The minimum atomic E-state index is -5.84. The van der Waals surface area contributed by atoms with Crippen LogP contribution in [0.25, 0.3) is 0 Å². The van der Waals surface area contributed by atoms with Gasteiger partial charge in [0.25, 0.3) is 0 Å². The summed E-state index contributed by atoms with van der Waals surface area (Å²) in [5.41, 5.74) is -12.6. The predicted octanol–water partition coefficient (Wildman–Crippen LogP) is 17.7. The smallest absolute Gasteiger partial charge is 0.497 e. The topological polar surface area (TPSA) is 311 Å². The molecule has 0 saturated heterocycles. The molecule has 2 aromatic carbocycles. The minimum Gasteiger partial charge on any atom is -0.497 e. The van der Waals surface area contributed by atoms with Gasteiger partial charge in [-0.1, -0.05) is 172 Å². The predicted molar refractivity (Wildman–Crippen MR) is 368 cm³/mol. The fourth-order valence-corrected chi connectivity index (χ4v) is 13.8. The minimum absolute atomic E-state index is 0. The molecule has 98 heavy (non-hydrogen) atoms. The Kier molecular flexibility index (Phi) is 63.1. The van der Waals surface area contributed by atoms with Crippen LogP contribution in [0.2, 0.25) is 16.6 Å². The number of hydrogen-bond acceptors (Lipinski definition) is 16. The number of carbonyl (C=O) groups is 1. The number of aliphatic hydroxyl groups is 3. The van der Waals surface area contributed by atoms with Crippen molar-refractivity contribution in [3.8, 4) is 11.5 Å². The second kappa shape index (κ2) is 56.8. The third-order valence-electron chi connectivity index (χ3n) is 12.9. The number of aliphatic hydroxyl groups excluding tert-OH is 3. The van der Waals surface area contributed by atoms with E-state index >= 15 is 0 Å². The SMILES string of the molecule is C=CC[C@@H](O)C[C@@H](CCC)OCc1ccc(OC)cc1.C=CC[C@H](C[C@H](O)CCC)O[Si](C(C)C)(C(C)C)C(C)C.C=CC[C@H](O)CCC.CC(=N)C(Cl)(Cl)Cl.CCC[C@H](CC=O)OCc1ccc(OC)cc1.O=S(=O)(O)C(F)(F)F.O=S(=O)(O)C(F)(F)F.O=S(=O)(O)C(F)(F)F.[Sc]. The molecule has 1 radical (unpaired) electrons. The van der Waals surface area contributed by atoms with Gasteiger partial charge in [-0.3, -0.25) is 13.7 Å². The monoisotopic (exact) mass is 1600 g/mol. The summed E-state index contributed by atoms with van der Waals surface area (Å²) >= 11 is 15.5. The molecule has 0 fully saturated rings. The molecule has 2 rings (SSSR count). The Morgan fingerprint density at radius 2 is 0.796 bits per heavy atom. The molecule has 0 bridgehead atoms. The van der Waals surface area contributed by atoms with Crippen LogP contribution in [0, 0.1) is 5.41 Å². The number of rotatable bonds is 33. The number of carbonyl (C=O) groups excluding carboxylic acids is 1. The third-order valence-corrected chi connectivity index (χ3v) is 21.6. The van der Waals surface area contributed by atoms with Crippen molar-refractivity contribution in [2.24, 2.45) is 0 Å². The second-order valence-corrected chi connectivity index (χ2v) is 34.0. The largest absolute Gasteiger partial charge is 0.522 e. The van der Waals surface area contributed by atoms with Crippen molar-refractivity contribution in [3.05, 3.63) is 97.6 Å². The number of nitrogens with one attached hydrogen (secondary N) is 1. The van der Waals surface area contributed by atoms with Crippen LogP contribution < -0.4 is 9.47 Å². The van der Waals surface area contributed by atoms with Gasteiger partial charge in [0.1, 0.15) is 17.8 Å². The molecule has 0 unspecified atom stereocenters. The Morgan fingerprint density at radius 3 is 1.05 bits per heavy atom. The molecule has 19 nitrogen and oxygen atoms in total. The normalized spacial score (nSPS) is 13.6. The van der Waals surface area contributed by atoms with Crippen LogP contribution in [-0.4, -0.2) is 146 Å². The summed E-state index contributed by atoms with van der Waals surface area (Å²) < 4.78 is 200. The van der Waals surface area contributed by atoms with Gasteiger partial charge in [0.05, 0.1) is 69.8 Å². The molecule has 0 heterocycles. The van der Waals surface area contributed by atoms with Gasteiger partial charge >= 0.3 is 46.9 Å². The average Bonchev–Trinajstić information content (AvgIpc) is 0.796. The molecule has 36 heteroatoms. The van der Waals surface area contributed by atoms with E-state index in [9.17, 15) is 54.5 Å². The second-order valence-electron chi connectivity index (χ2n) is 22.1. The van der Waals surface area contributed by atoms with Crippen molar-refractivity contribution in [2.75, 3.05) is 14.2 Å². The number of hydrogen-bond donors (Lipinski definition) is 7. The summed E-state index contributed by atoms with van der Waals surface area (Å²) in [6.45, 7) is 35.8. The molecule has 0 amide bonds. The van der Waals surface area contributed by atoms with Crippen LogP contribution in [0.1, 0.15) is 177 Å². The maximum atomic E-state index is 10.7. The standard InChI is InChI=1S/C18H38O2Si.C17H26O3.C14H20O3.C7H14O.C3H4Cl3N.3CHF3O3S.Sc/c1-9-11-17(19)13-18(12-10-2)20-21(14(3)4,15(5)6)16(7)8;1-4-6-15(18)12-17(7-5-2)20-13-14-8-10-16(19-3)11-9-14;1-3-4-14(9-10-15)17-11-12-5-7-13(16-2)8-6-12;1-3-5-7(8)6-4-2;1-2(7)3(4,5)6;3*2-1(3,4)8(5,6)7;/h10,14-19H,2,9,11-13H2,1,3-8H3;4,8-11,15,17-18H,1,5-7,12-13H2,2-3H3;5-8,10,14H,3-4,9,11H2,1-2H3;3,7-8H,1,4-6H2,2H3;7H,1H3;3*(H,5,6,7);/t17-,18-;15-,17-;14-;7-;;;;;/m1110...../s1. The van der Waals surface area contributed by atoms with Crippen LogP contribution in [0.5, 0.6) is 11.5 Å². The van der Waals surface area contributed by atoms with E-state index in [-0.39, 0.29) is 68.2 Å². The Bertz CT molecular complexity index is 2620. The molecule has 6 atom stereocenters. The van der Waals surface area contributed by atoms with Crippen molar-refractivity contribution < 1.29 is 148 Å². The van der Waals surface area contributed by atoms with Gasteiger partial charge < -0.3 is 48.9 Å². The van der Waals surface area contributed by atoms with E-state index in [1.807, 2.05) is 54.6 Å². The van der Waals surface area contributed by atoms with E-state index in [4.69, 9.17) is 108 Å². The van der Waals surface area contributed by atoms with E-state index in [0.717, 1.165) is 99.5 Å². The van der Waals surface area contributed by atoms with E-state index < -0.39 is 59.0 Å². The first-order chi connectivity index (χ1) is 44.2. The van der Waals surface area contributed by atoms with Gasteiger partial charge in [0, 0.05) is 32.3 Å². The molecule has 0 aliphatic rings. The maximum absolute atomic E-state index is 10.7. The zero-order valence-electron chi connectivity index (χ0n) is 58.0. The average molecular weight is 1600 g/mol. The summed E-state index contributed by atoms with van der Waals surface area (Å²) in [6, 6.07) is 15.6. The zero-order chi connectivity index (χ0) is 77.4. The Balaban J connectivity index is -0.000000201. The Labute approximate surface area is 610 Å². The summed E-state index contributed by atoms with van der Waals surface area (Å²) in [7, 11) is -16.1. The quantitative estimate of drug-likeness (QED) is 0.00510. The van der Waals surface area contributed by atoms with Gasteiger partial charge in [0.15, 0.2) is 0 Å². The van der Waals surface area contributed by atoms with Crippen LogP contribution in [0.4, 0.5) is 39.5 Å². The number of methoxy groups -OCH3 is 2. The van der Waals surface area contributed by atoms with Crippen LogP contribution in [0.3, 0.4) is 0 Å². The molecule has 0 saturated carbocycles. The van der Waals surface area contributed by atoms with Crippen molar-refractivity contribution >= 4 is 85.5 Å². The third kappa shape index (κ3) is 55.9. The van der Waals surface area contributed by atoms with E-state index in [1.165, 1.54) is 6.92 Å². The number of halogens is 12. The molecule has 7 N–H and O–H groups in total. The fraction of sp³-hybridized carbons (Fsp3) is 0.677. The number of alkyl halides is 12. The van der Waals surface area contributed by atoms with E-state index in [1.54, 1.807) is 26.4 Å². The summed E-state index contributed by atoms with van der Waals surface area (Å²) in [5, 5.41) is 35.7. The molecular weight excluding hydrogens is 1490 g/mol. The van der Waals surface area contributed by atoms with Crippen LogP contribution in [-0.2, 0) is 88.1 Å². The Hall–Kier alpha value is -2.58. The number of aldehydes is 1. The van der Waals surface area contributed by atoms with Crippen LogP contribution >= 0.6 is 34.8 Å². The maximum Gasteiger partial charge on any atom is 0.522 e.